The zero-order valence-corrected chi connectivity index (χ0v) is 15.5. The van der Waals surface area contributed by atoms with Crippen LogP contribution < -0.4 is 15.0 Å². The van der Waals surface area contributed by atoms with Gasteiger partial charge < -0.3 is 15.0 Å². The average Bonchev–Trinajstić information content (AvgIpc) is 2.72. The van der Waals surface area contributed by atoms with E-state index in [0.29, 0.717) is 18.3 Å². The van der Waals surface area contributed by atoms with E-state index < -0.39 is 0 Å². The van der Waals surface area contributed by atoms with E-state index >= 15 is 0 Å². The molecule has 0 atom stereocenters. The molecular formula is C22H28N2O2. The lowest BCUT2D eigenvalue weighted by Gasteiger charge is -2.33. The van der Waals surface area contributed by atoms with Gasteiger partial charge in [0.05, 0.1) is 0 Å². The molecule has 0 aliphatic heterocycles. The molecule has 0 aromatic heterocycles. The van der Waals surface area contributed by atoms with Crippen molar-refractivity contribution >= 4 is 11.6 Å². The van der Waals surface area contributed by atoms with E-state index in [-0.39, 0.29) is 12.5 Å². The third-order valence-corrected chi connectivity index (χ3v) is 5.07. The third-order valence-electron chi connectivity index (χ3n) is 5.07. The lowest BCUT2D eigenvalue weighted by atomic mass is 9.94. The number of para-hydroxylation sites is 1. The summed E-state index contributed by atoms with van der Waals surface area (Å²) in [4.78, 5) is 14.3. The molecule has 1 aliphatic rings. The molecule has 0 saturated heterocycles. The Labute approximate surface area is 156 Å². The van der Waals surface area contributed by atoms with Gasteiger partial charge in [0.25, 0.3) is 5.91 Å². The first kappa shape index (κ1) is 18.3. The van der Waals surface area contributed by atoms with Crippen LogP contribution in [-0.2, 0) is 11.3 Å². The van der Waals surface area contributed by atoms with Crippen molar-refractivity contribution in [3.8, 4) is 5.75 Å². The molecule has 138 valence electrons. The lowest BCUT2D eigenvalue weighted by molar-refractivity contribution is -0.123. The Balaban J connectivity index is 1.44. The molecule has 2 aromatic rings. The summed E-state index contributed by atoms with van der Waals surface area (Å²) in [5.74, 6) is 0.593. The summed E-state index contributed by atoms with van der Waals surface area (Å²) < 4.78 is 5.46. The Bertz CT molecular complexity index is 679. The van der Waals surface area contributed by atoms with Crippen LogP contribution in [0.15, 0.2) is 54.6 Å². The van der Waals surface area contributed by atoms with Crippen LogP contribution in [0.25, 0.3) is 0 Å². The highest BCUT2D eigenvalue weighted by molar-refractivity contribution is 5.77. The molecular weight excluding hydrogens is 324 g/mol. The van der Waals surface area contributed by atoms with Crippen LogP contribution in [0.2, 0.25) is 0 Å². The predicted octanol–water partition coefficient (Wildman–Crippen LogP) is 4.15. The Kier molecular flexibility index (Phi) is 6.53. The van der Waals surface area contributed by atoms with Gasteiger partial charge in [-0.2, -0.15) is 0 Å². The molecule has 0 unspecified atom stereocenters. The first-order chi connectivity index (χ1) is 12.7. The van der Waals surface area contributed by atoms with Crippen molar-refractivity contribution in [1.29, 1.82) is 0 Å². The normalized spacial score (nSPS) is 14.7. The second-order valence-corrected chi connectivity index (χ2v) is 6.95. The standard InChI is InChI=1S/C22H28N2O2/c1-24(19-8-4-2-5-9-19)20-14-12-18(13-15-20)16-23-22(25)17-26-21-10-6-3-7-11-21/h3,6-7,10-15,19H,2,4-5,8-9,16-17H2,1H3,(H,23,25). The largest absolute Gasteiger partial charge is 0.484 e. The topological polar surface area (TPSA) is 41.6 Å². The van der Waals surface area contributed by atoms with Gasteiger partial charge in [0.15, 0.2) is 6.61 Å². The average molecular weight is 352 g/mol. The van der Waals surface area contributed by atoms with Crippen molar-refractivity contribution in [1.82, 2.24) is 5.32 Å². The fourth-order valence-corrected chi connectivity index (χ4v) is 3.45. The summed E-state index contributed by atoms with van der Waals surface area (Å²) in [5.41, 5.74) is 2.35. The molecule has 1 N–H and O–H groups in total. The summed E-state index contributed by atoms with van der Waals surface area (Å²) in [6, 6.07) is 18.5. The minimum atomic E-state index is -0.114. The number of hydrogen-bond acceptors (Lipinski definition) is 3. The van der Waals surface area contributed by atoms with E-state index in [2.05, 4.69) is 41.5 Å². The number of anilines is 1. The Morgan fingerprint density at radius 2 is 1.73 bits per heavy atom. The SMILES string of the molecule is CN(c1ccc(CNC(=O)COc2ccccc2)cc1)C1CCCCC1. The van der Waals surface area contributed by atoms with E-state index in [9.17, 15) is 4.79 Å². The van der Waals surface area contributed by atoms with Crippen LogP contribution in [0.3, 0.4) is 0 Å². The van der Waals surface area contributed by atoms with Crippen LogP contribution in [0, 0.1) is 0 Å². The molecule has 1 saturated carbocycles. The van der Waals surface area contributed by atoms with E-state index in [4.69, 9.17) is 4.74 Å². The van der Waals surface area contributed by atoms with Crippen molar-refractivity contribution in [3.05, 3.63) is 60.2 Å². The lowest BCUT2D eigenvalue weighted by Crippen LogP contribution is -2.33. The molecule has 3 rings (SSSR count). The second-order valence-electron chi connectivity index (χ2n) is 6.95. The molecule has 4 heteroatoms. The third kappa shape index (κ3) is 5.25. The smallest absolute Gasteiger partial charge is 0.258 e. The van der Waals surface area contributed by atoms with E-state index in [1.165, 1.54) is 37.8 Å². The summed E-state index contributed by atoms with van der Waals surface area (Å²) in [6.45, 7) is 0.553. The van der Waals surface area contributed by atoms with Crippen molar-refractivity contribution in [2.24, 2.45) is 0 Å². The van der Waals surface area contributed by atoms with Crippen LogP contribution in [0.5, 0.6) is 5.75 Å². The minimum Gasteiger partial charge on any atom is -0.484 e. The Hall–Kier alpha value is -2.49. The molecule has 26 heavy (non-hydrogen) atoms. The highest BCUT2D eigenvalue weighted by atomic mass is 16.5. The van der Waals surface area contributed by atoms with E-state index in [0.717, 1.165) is 5.56 Å². The molecule has 2 aromatic carbocycles. The van der Waals surface area contributed by atoms with Gasteiger partial charge in [-0.3, -0.25) is 4.79 Å². The molecule has 0 spiro atoms. The van der Waals surface area contributed by atoms with Crippen molar-refractivity contribution in [2.45, 2.75) is 44.7 Å². The van der Waals surface area contributed by atoms with Crippen LogP contribution >= 0.6 is 0 Å². The molecule has 4 nitrogen and oxygen atoms in total. The predicted molar refractivity (Wildman–Crippen MR) is 106 cm³/mol. The second kappa shape index (κ2) is 9.27. The van der Waals surface area contributed by atoms with Crippen LogP contribution in [0.4, 0.5) is 5.69 Å². The highest BCUT2D eigenvalue weighted by Crippen LogP contribution is 2.26. The Morgan fingerprint density at radius 3 is 2.42 bits per heavy atom. The van der Waals surface area contributed by atoms with Gasteiger partial charge in [0, 0.05) is 25.3 Å². The van der Waals surface area contributed by atoms with Gasteiger partial charge >= 0.3 is 0 Å². The number of carbonyl (C=O) groups excluding carboxylic acids is 1. The van der Waals surface area contributed by atoms with Gasteiger partial charge in [-0.25, -0.2) is 0 Å². The number of benzene rings is 2. The number of nitrogens with zero attached hydrogens (tertiary/aromatic N) is 1. The summed E-state index contributed by atoms with van der Waals surface area (Å²) in [7, 11) is 2.19. The van der Waals surface area contributed by atoms with Gasteiger partial charge in [0.2, 0.25) is 0 Å². The number of ether oxygens (including phenoxy) is 1. The van der Waals surface area contributed by atoms with Crippen molar-refractivity contribution in [3.63, 3.8) is 0 Å². The van der Waals surface area contributed by atoms with Gasteiger partial charge in [-0.05, 0) is 42.7 Å². The van der Waals surface area contributed by atoms with E-state index in [1.807, 2.05) is 30.3 Å². The first-order valence-electron chi connectivity index (χ1n) is 9.49. The molecule has 0 bridgehead atoms. The number of hydrogen-bond donors (Lipinski definition) is 1. The maximum Gasteiger partial charge on any atom is 0.258 e. The summed E-state index contributed by atoms with van der Waals surface area (Å²) >= 11 is 0. The van der Waals surface area contributed by atoms with Crippen LogP contribution in [-0.4, -0.2) is 25.6 Å². The van der Waals surface area contributed by atoms with E-state index in [1.54, 1.807) is 0 Å². The maximum atomic E-state index is 11.9. The number of nitrogens with one attached hydrogen (secondary N) is 1. The summed E-state index contributed by atoms with van der Waals surface area (Å²) in [5, 5.41) is 2.90. The number of rotatable bonds is 7. The zero-order valence-electron chi connectivity index (χ0n) is 15.5. The molecule has 0 heterocycles. The molecule has 1 amide bonds. The van der Waals surface area contributed by atoms with Crippen LogP contribution in [0.1, 0.15) is 37.7 Å². The van der Waals surface area contributed by atoms with Gasteiger partial charge in [0.1, 0.15) is 5.75 Å². The van der Waals surface area contributed by atoms with Gasteiger partial charge in [-0.1, -0.05) is 49.6 Å². The Morgan fingerprint density at radius 1 is 1.04 bits per heavy atom. The fourth-order valence-electron chi connectivity index (χ4n) is 3.45. The molecule has 1 aliphatic carbocycles. The van der Waals surface area contributed by atoms with Crippen molar-refractivity contribution in [2.75, 3.05) is 18.6 Å². The van der Waals surface area contributed by atoms with Crippen molar-refractivity contribution < 1.29 is 9.53 Å². The molecule has 1 fully saturated rings. The highest BCUT2D eigenvalue weighted by Gasteiger charge is 2.18. The molecule has 0 radical (unpaired) electrons. The maximum absolute atomic E-state index is 11.9. The number of carbonyl (C=O) groups is 1. The first-order valence-corrected chi connectivity index (χ1v) is 9.49. The summed E-state index contributed by atoms with van der Waals surface area (Å²) in [6.07, 6.45) is 6.62. The zero-order chi connectivity index (χ0) is 18.2. The number of amides is 1. The quantitative estimate of drug-likeness (QED) is 0.814. The fraction of sp³-hybridized carbons (Fsp3) is 0.409. The minimum absolute atomic E-state index is 0.0342. The monoisotopic (exact) mass is 352 g/mol. The van der Waals surface area contributed by atoms with Gasteiger partial charge in [-0.15, -0.1) is 0 Å².